The van der Waals surface area contributed by atoms with E-state index in [1.54, 1.807) is 0 Å². The minimum Gasteiger partial charge on any atom is -0.481 e. The molecule has 0 aliphatic heterocycles. The standard InChI is InChI=1S/C9H7N3O4/c13-5(14)3-4-1-2-10-7-6(4)8(15)12-9(16)11-7/h1-2H,3H2,(H,13,14)(H2,10,11,12,15,16). The first-order valence-corrected chi connectivity index (χ1v) is 4.40. The lowest BCUT2D eigenvalue weighted by atomic mass is 10.1. The molecule has 16 heavy (non-hydrogen) atoms. The Hall–Kier alpha value is -2.44. The molecule has 0 amide bonds. The number of aromatic nitrogens is 3. The van der Waals surface area contributed by atoms with Crippen LogP contribution in [0.25, 0.3) is 11.0 Å². The second-order valence-electron chi connectivity index (χ2n) is 3.17. The molecular formula is C9H7N3O4. The first-order valence-electron chi connectivity index (χ1n) is 4.40. The quantitative estimate of drug-likeness (QED) is 0.616. The summed E-state index contributed by atoms with van der Waals surface area (Å²) < 4.78 is 0. The summed E-state index contributed by atoms with van der Waals surface area (Å²) in [5.41, 5.74) is -0.900. The molecule has 2 aromatic rings. The largest absolute Gasteiger partial charge is 0.481 e. The molecule has 0 unspecified atom stereocenters. The van der Waals surface area contributed by atoms with Crippen LogP contribution in [0.5, 0.6) is 0 Å². The molecule has 0 aliphatic rings. The first kappa shape index (κ1) is 10.1. The number of aromatic amines is 2. The highest BCUT2D eigenvalue weighted by Crippen LogP contribution is 2.09. The molecule has 2 aromatic heterocycles. The fraction of sp³-hybridized carbons (Fsp3) is 0.111. The molecule has 7 nitrogen and oxygen atoms in total. The van der Waals surface area contributed by atoms with Gasteiger partial charge in [0.2, 0.25) is 0 Å². The van der Waals surface area contributed by atoms with E-state index in [1.807, 2.05) is 4.98 Å². The van der Waals surface area contributed by atoms with Gasteiger partial charge in [-0.15, -0.1) is 0 Å². The van der Waals surface area contributed by atoms with Crippen LogP contribution in [-0.2, 0) is 11.2 Å². The van der Waals surface area contributed by atoms with Gasteiger partial charge < -0.3 is 5.11 Å². The van der Waals surface area contributed by atoms with Crippen molar-refractivity contribution in [3.63, 3.8) is 0 Å². The van der Waals surface area contributed by atoms with Crippen molar-refractivity contribution in [1.82, 2.24) is 15.0 Å². The molecule has 2 rings (SSSR count). The van der Waals surface area contributed by atoms with Crippen LogP contribution in [0.2, 0.25) is 0 Å². The highest BCUT2D eigenvalue weighted by molar-refractivity contribution is 5.82. The number of nitrogens with one attached hydrogen (secondary N) is 2. The number of nitrogens with zero attached hydrogens (tertiary/aromatic N) is 1. The van der Waals surface area contributed by atoms with Gasteiger partial charge in [-0.25, -0.2) is 9.78 Å². The average molecular weight is 221 g/mol. The van der Waals surface area contributed by atoms with Gasteiger partial charge >= 0.3 is 11.7 Å². The third-order valence-electron chi connectivity index (χ3n) is 2.07. The lowest BCUT2D eigenvalue weighted by Gasteiger charge is -2.01. The molecule has 0 aliphatic carbocycles. The molecule has 0 aromatic carbocycles. The van der Waals surface area contributed by atoms with E-state index in [-0.39, 0.29) is 17.5 Å². The van der Waals surface area contributed by atoms with E-state index < -0.39 is 17.2 Å². The zero-order valence-electron chi connectivity index (χ0n) is 7.98. The van der Waals surface area contributed by atoms with Crippen LogP contribution in [-0.4, -0.2) is 26.0 Å². The number of fused-ring (bicyclic) bond motifs is 1. The van der Waals surface area contributed by atoms with Gasteiger partial charge in [-0.2, -0.15) is 0 Å². The summed E-state index contributed by atoms with van der Waals surface area (Å²) in [6, 6.07) is 1.43. The van der Waals surface area contributed by atoms with E-state index in [1.165, 1.54) is 12.3 Å². The van der Waals surface area contributed by atoms with E-state index in [9.17, 15) is 14.4 Å². The van der Waals surface area contributed by atoms with Crippen molar-refractivity contribution in [2.24, 2.45) is 0 Å². The maximum Gasteiger partial charge on any atom is 0.327 e. The van der Waals surface area contributed by atoms with Gasteiger partial charge in [0.25, 0.3) is 5.56 Å². The summed E-state index contributed by atoms with van der Waals surface area (Å²) in [7, 11) is 0. The molecule has 2 heterocycles. The average Bonchev–Trinajstić information content (AvgIpc) is 2.15. The van der Waals surface area contributed by atoms with Gasteiger partial charge in [0.15, 0.2) is 0 Å². The van der Waals surface area contributed by atoms with Crippen molar-refractivity contribution in [2.75, 3.05) is 0 Å². The fourth-order valence-electron chi connectivity index (χ4n) is 1.46. The van der Waals surface area contributed by atoms with Crippen LogP contribution in [0.4, 0.5) is 0 Å². The fourth-order valence-corrected chi connectivity index (χ4v) is 1.46. The second-order valence-corrected chi connectivity index (χ2v) is 3.17. The summed E-state index contributed by atoms with van der Waals surface area (Å²) >= 11 is 0. The molecule has 0 bridgehead atoms. The summed E-state index contributed by atoms with van der Waals surface area (Å²) in [5.74, 6) is -1.06. The van der Waals surface area contributed by atoms with Crippen LogP contribution in [0, 0.1) is 0 Å². The number of pyridine rings is 1. The van der Waals surface area contributed by atoms with Crippen LogP contribution in [0.1, 0.15) is 5.56 Å². The highest BCUT2D eigenvalue weighted by Gasteiger charge is 2.10. The van der Waals surface area contributed by atoms with Crippen molar-refractivity contribution >= 4 is 17.0 Å². The smallest absolute Gasteiger partial charge is 0.327 e. The first-order chi connectivity index (χ1) is 7.58. The SMILES string of the molecule is O=C(O)Cc1ccnc2[nH]c(=O)[nH]c(=O)c12. The van der Waals surface area contributed by atoms with Crippen molar-refractivity contribution in [1.29, 1.82) is 0 Å². The Labute approximate surface area is 87.8 Å². The Morgan fingerprint density at radius 2 is 2.12 bits per heavy atom. The Balaban J connectivity index is 2.82. The number of aliphatic carboxylic acids is 1. The van der Waals surface area contributed by atoms with Gasteiger partial charge in [0.05, 0.1) is 11.8 Å². The minimum absolute atomic E-state index is 0.0903. The third kappa shape index (κ3) is 1.70. The number of hydrogen-bond acceptors (Lipinski definition) is 4. The molecule has 0 saturated heterocycles. The molecule has 0 fully saturated rings. The van der Waals surface area contributed by atoms with Crippen LogP contribution < -0.4 is 11.2 Å². The van der Waals surface area contributed by atoms with Gasteiger partial charge in [0.1, 0.15) is 5.65 Å². The molecule has 3 N–H and O–H groups in total. The maximum atomic E-state index is 11.5. The van der Waals surface area contributed by atoms with Gasteiger partial charge in [-0.05, 0) is 11.6 Å². The topological polar surface area (TPSA) is 116 Å². The van der Waals surface area contributed by atoms with E-state index >= 15 is 0 Å². The third-order valence-corrected chi connectivity index (χ3v) is 2.07. The van der Waals surface area contributed by atoms with E-state index in [4.69, 9.17) is 5.11 Å². The Morgan fingerprint density at radius 3 is 2.81 bits per heavy atom. The predicted molar refractivity (Wildman–Crippen MR) is 54.3 cm³/mol. The summed E-state index contributed by atoms with van der Waals surface area (Å²) in [4.78, 5) is 41.2. The van der Waals surface area contributed by atoms with Crippen LogP contribution in [0.3, 0.4) is 0 Å². The lowest BCUT2D eigenvalue weighted by molar-refractivity contribution is -0.136. The molecule has 0 radical (unpaired) electrons. The number of carboxylic acid groups (broad SMARTS) is 1. The molecule has 82 valence electrons. The van der Waals surface area contributed by atoms with Gasteiger partial charge in [-0.1, -0.05) is 0 Å². The second kappa shape index (κ2) is 3.61. The monoisotopic (exact) mass is 221 g/mol. The lowest BCUT2D eigenvalue weighted by Crippen LogP contribution is -2.23. The van der Waals surface area contributed by atoms with Crippen molar-refractivity contribution in [2.45, 2.75) is 6.42 Å². The van der Waals surface area contributed by atoms with Crippen LogP contribution >= 0.6 is 0 Å². The molecular weight excluding hydrogens is 214 g/mol. The van der Waals surface area contributed by atoms with E-state index in [0.717, 1.165) is 0 Å². The molecule has 0 spiro atoms. The Morgan fingerprint density at radius 1 is 1.38 bits per heavy atom. The predicted octanol–water partition coefficient (Wildman–Crippen LogP) is -0.762. The summed E-state index contributed by atoms with van der Waals surface area (Å²) in [6.45, 7) is 0. The van der Waals surface area contributed by atoms with Gasteiger partial charge in [0, 0.05) is 6.20 Å². The normalized spacial score (nSPS) is 10.5. The number of rotatable bonds is 2. The maximum absolute atomic E-state index is 11.5. The number of carboxylic acids is 1. The highest BCUT2D eigenvalue weighted by atomic mass is 16.4. The van der Waals surface area contributed by atoms with Crippen molar-refractivity contribution in [3.05, 3.63) is 38.7 Å². The van der Waals surface area contributed by atoms with Crippen molar-refractivity contribution in [3.8, 4) is 0 Å². The summed E-state index contributed by atoms with van der Waals surface area (Å²) in [6.07, 6.45) is 1.05. The Kier molecular flexibility index (Phi) is 2.28. The molecule has 7 heteroatoms. The van der Waals surface area contributed by atoms with Gasteiger partial charge in [-0.3, -0.25) is 19.6 Å². The molecule has 0 saturated carbocycles. The van der Waals surface area contributed by atoms with Crippen LogP contribution in [0.15, 0.2) is 21.9 Å². The zero-order valence-corrected chi connectivity index (χ0v) is 7.98. The van der Waals surface area contributed by atoms with E-state index in [2.05, 4.69) is 9.97 Å². The minimum atomic E-state index is -1.06. The molecule has 0 atom stereocenters. The van der Waals surface area contributed by atoms with E-state index in [0.29, 0.717) is 5.56 Å². The van der Waals surface area contributed by atoms with Crippen molar-refractivity contribution < 1.29 is 9.90 Å². The Bertz CT molecular complexity index is 670. The summed E-state index contributed by atoms with van der Waals surface area (Å²) in [5, 5.41) is 8.77. The number of H-pyrrole nitrogens is 2. The zero-order chi connectivity index (χ0) is 11.7. The number of carbonyl (C=O) groups is 1. The number of hydrogen-bond donors (Lipinski definition) is 3.